The van der Waals surface area contributed by atoms with Crippen molar-refractivity contribution >= 4 is 17.3 Å². The predicted molar refractivity (Wildman–Crippen MR) is 137 cm³/mol. The van der Waals surface area contributed by atoms with Gasteiger partial charge in [0.25, 0.3) is 0 Å². The number of aliphatic hydroxyl groups excluding tert-OH is 2. The van der Waals surface area contributed by atoms with Crippen LogP contribution in [0.15, 0.2) is 23.8 Å². The van der Waals surface area contributed by atoms with Gasteiger partial charge in [-0.1, -0.05) is 52.3 Å². The lowest BCUT2D eigenvalue weighted by molar-refractivity contribution is -0.183. The van der Waals surface area contributed by atoms with Gasteiger partial charge in [-0.3, -0.25) is 14.4 Å². The fourth-order valence-corrected chi connectivity index (χ4v) is 9.00. The summed E-state index contributed by atoms with van der Waals surface area (Å²) in [6, 6.07) is 0. The van der Waals surface area contributed by atoms with Crippen LogP contribution in [0, 0.1) is 45.3 Å². The molecule has 0 bridgehead atoms. The molecule has 3 fully saturated rings. The van der Waals surface area contributed by atoms with E-state index in [9.17, 15) is 29.7 Å². The summed E-state index contributed by atoms with van der Waals surface area (Å²) in [7, 11) is 0. The van der Waals surface area contributed by atoms with Crippen molar-refractivity contribution in [2.24, 2.45) is 45.3 Å². The molecule has 9 unspecified atom stereocenters. The molecule has 0 aromatic rings. The van der Waals surface area contributed by atoms with Crippen LogP contribution in [0.5, 0.6) is 0 Å². The number of aliphatic hydroxyl groups is 3. The Morgan fingerprint density at radius 2 is 1.72 bits per heavy atom. The maximum atomic E-state index is 14.2. The van der Waals surface area contributed by atoms with Crippen LogP contribution in [-0.4, -0.2) is 50.5 Å². The number of hydrogen-bond acceptors (Lipinski definition) is 6. The van der Waals surface area contributed by atoms with Crippen molar-refractivity contribution in [3.8, 4) is 0 Å². The molecule has 3 saturated carbocycles. The van der Waals surface area contributed by atoms with E-state index >= 15 is 0 Å². The summed E-state index contributed by atoms with van der Waals surface area (Å²) in [6.45, 7) is 15.1. The van der Waals surface area contributed by atoms with Gasteiger partial charge in [0.05, 0.1) is 6.10 Å². The molecule has 0 spiro atoms. The van der Waals surface area contributed by atoms with Crippen LogP contribution in [0.4, 0.5) is 0 Å². The number of carbonyl (C=O) groups is 3. The maximum Gasteiger partial charge on any atom is 0.186 e. The average Bonchev–Trinajstić information content (AvgIpc) is 2.96. The fraction of sp³-hybridized carbons (Fsp3) is 0.767. The van der Waals surface area contributed by atoms with Crippen LogP contribution < -0.4 is 0 Å². The third-order valence-electron chi connectivity index (χ3n) is 11.1. The van der Waals surface area contributed by atoms with E-state index in [0.29, 0.717) is 12.8 Å². The second-order valence-corrected chi connectivity index (χ2v) is 13.8. The Morgan fingerprint density at radius 1 is 1.11 bits per heavy atom. The number of Topliss-reactive ketones (excluding diaryl/α,β-unsaturated/α-hetero) is 2. The zero-order valence-corrected chi connectivity index (χ0v) is 23.1. The van der Waals surface area contributed by atoms with Crippen LogP contribution in [0.1, 0.15) is 81.1 Å². The zero-order chi connectivity index (χ0) is 27.2. The van der Waals surface area contributed by atoms with Crippen LogP contribution >= 0.6 is 0 Å². The van der Waals surface area contributed by atoms with E-state index in [2.05, 4.69) is 13.0 Å². The molecule has 36 heavy (non-hydrogen) atoms. The first-order chi connectivity index (χ1) is 16.4. The lowest BCUT2D eigenvalue weighted by atomic mass is 9.38. The summed E-state index contributed by atoms with van der Waals surface area (Å²) in [4.78, 5) is 40.2. The largest absolute Gasteiger partial charge is 0.393 e. The Hall–Kier alpha value is -1.63. The third kappa shape index (κ3) is 3.36. The van der Waals surface area contributed by atoms with E-state index in [0.717, 1.165) is 5.57 Å². The molecule has 3 N–H and O–H groups in total. The Bertz CT molecular complexity index is 1050. The SMILES string of the molecule is CC(C)/C=C/C(=O)C(C)(O)C1C(O)CC2(C)C3CC=C4C(CC(O)C(=O)C4(C)C)C3(C)C(=O)CC12C. The molecule has 0 aromatic carbocycles. The number of ketones is 3. The minimum atomic E-state index is -1.82. The first-order valence-corrected chi connectivity index (χ1v) is 13.5. The highest BCUT2D eigenvalue weighted by Crippen LogP contribution is 2.74. The minimum absolute atomic E-state index is 0.0282. The smallest absolute Gasteiger partial charge is 0.186 e. The van der Waals surface area contributed by atoms with Crippen molar-refractivity contribution in [2.75, 3.05) is 0 Å². The van der Waals surface area contributed by atoms with Crippen LogP contribution in [0.25, 0.3) is 0 Å². The molecule has 4 aliphatic carbocycles. The van der Waals surface area contributed by atoms with Crippen molar-refractivity contribution < 1.29 is 29.7 Å². The number of hydrogen-bond donors (Lipinski definition) is 3. The lowest BCUT2D eigenvalue weighted by Crippen LogP contribution is -2.65. The summed E-state index contributed by atoms with van der Waals surface area (Å²) in [5.74, 6) is -1.70. The summed E-state index contributed by atoms with van der Waals surface area (Å²) in [5, 5.41) is 33.7. The monoisotopic (exact) mass is 500 g/mol. The molecular formula is C30H44O6. The van der Waals surface area contributed by atoms with E-state index in [1.807, 2.05) is 41.5 Å². The second-order valence-electron chi connectivity index (χ2n) is 13.8. The van der Waals surface area contributed by atoms with Gasteiger partial charge >= 0.3 is 0 Å². The Morgan fingerprint density at radius 3 is 2.31 bits per heavy atom. The van der Waals surface area contributed by atoms with Gasteiger partial charge < -0.3 is 15.3 Å². The molecule has 0 radical (unpaired) electrons. The molecule has 0 saturated heterocycles. The predicted octanol–water partition coefficient (Wildman–Crippen LogP) is 3.81. The molecule has 0 aliphatic heterocycles. The van der Waals surface area contributed by atoms with Gasteiger partial charge in [-0.25, -0.2) is 0 Å². The van der Waals surface area contributed by atoms with Gasteiger partial charge in [0.15, 0.2) is 11.6 Å². The van der Waals surface area contributed by atoms with Crippen LogP contribution in [0.2, 0.25) is 0 Å². The number of carbonyl (C=O) groups excluding carboxylic acids is 3. The van der Waals surface area contributed by atoms with Gasteiger partial charge in [-0.05, 0) is 74.7 Å². The molecule has 6 nitrogen and oxygen atoms in total. The first kappa shape index (κ1) is 27.4. The van der Waals surface area contributed by atoms with Crippen molar-refractivity contribution in [1.29, 1.82) is 0 Å². The van der Waals surface area contributed by atoms with Crippen LogP contribution in [-0.2, 0) is 14.4 Å². The topological polar surface area (TPSA) is 112 Å². The highest BCUT2D eigenvalue weighted by atomic mass is 16.3. The van der Waals surface area contributed by atoms with Crippen molar-refractivity contribution in [1.82, 2.24) is 0 Å². The lowest BCUT2D eigenvalue weighted by Gasteiger charge is -2.64. The third-order valence-corrected chi connectivity index (χ3v) is 11.1. The second kappa shape index (κ2) is 8.18. The zero-order valence-electron chi connectivity index (χ0n) is 23.1. The Balaban J connectivity index is 1.81. The molecule has 9 atom stereocenters. The van der Waals surface area contributed by atoms with Gasteiger partial charge in [0, 0.05) is 23.2 Å². The maximum absolute atomic E-state index is 14.2. The molecule has 6 heteroatoms. The minimum Gasteiger partial charge on any atom is -0.393 e. The van der Waals surface area contributed by atoms with Crippen molar-refractivity contribution in [2.45, 2.75) is 98.9 Å². The van der Waals surface area contributed by atoms with Gasteiger partial charge in [0.2, 0.25) is 0 Å². The Labute approximate surface area is 215 Å². The van der Waals surface area contributed by atoms with Crippen molar-refractivity contribution in [3.63, 3.8) is 0 Å². The molecule has 200 valence electrons. The highest BCUT2D eigenvalue weighted by Gasteiger charge is 2.74. The number of fused-ring (bicyclic) bond motifs is 5. The highest BCUT2D eigenvalue weighted by molar-refractivity contribution is 5.97. The van der Waals surface area contributed by atoms with Gasteiger partial charge in [-0.2, -0.15) is 0 Å². The van der Waals surface area contributed by atoms with Crippen molar-refractivity contribution in [3.05, 3.63) is 23.8 Å². The molecule has 4 rings (SSSR count). The van der Waals surface area contributed by atoms with Crippen LogP contribution in [0.3, 0.4) is 0 Å². The molecular weight excluding hydrogens is 456 g/mol. The quantitative estimate of drug-likeness (QED) is 0.400. The summed E-state index contributed by atoms with van der Waals surface area (Å²) >= 11 is 0. The number of rotatable bonds is 4. The molecule has 4 aliphatic rings. The van der Waals surface area contributed by atoms with Gasteiger partial charge in [0.1, 0.15) is 17.5 Å². The average molecular weight is 501 g/mol. The van der Waals surface area contributed by atoms with E-state index in [4.69, 9.17) is 0 Å². The van der Waals surface area contributed by atoms with Gasteiger partial charge in [-0.15, -0.1) is 0 Å². The molecule has 0 amide bonds. The van der Waals surface area contributed by atoms with E-state index < -0.39 is 51.2 Å². The summed E-state index contributed by atoms with van der Waals surface area (Å²) in [5.41, 5.74) is -3.87. The molecule has 0 aromatic heterocycles. The standard InChI is InChI=1S/C30H44O6/c1-16(2)9-12-22(33)30(8,36)24-20(32)14-27(5)21-11-10-17-18(13-19(31)25(35)26(17,3)4)29(21,7)23(34)15-28(24,27)6/h9-10,12,16,18-21,24,31-32,36H,11,13-15H2,1-8H3/b12-9+. The summed E-state index contributed by atoms with van der Waals surface area (Å²) in [6.07, 6.45) is 4.50. The fourth-order valence-electron chi connectivity index (χ4n) is 9.00. The molecule has 0 heterocycles. The van der Waals surface area contributed by atoms with E-state index in [1.165, 1.54) is 13.0 Å². The normalized spacial score (nSPS) is 45.7. The Kier molecular flexibility index (Phi) is 6.23. The van der Waals surface area contributed by atoms with E-state index in [-0.39, 0.29) is 42.2 Å². The first-order valence-electron chi connectivity index (χ1n) is 13.5. The number of allylic oxidation sites excluding steroid dienone is 3. The summed E-state index contributed by atoms with van der Waals surface area (Å²) < 4.78 is 0. The van der Waals surface area contributed by atoms with E-state index in [1.54, 1.807) is 6.08 Å².